The fourth-order valence-electron chi connectivity index (χ4n) is 6.87. The highest BCUT2D eigenvalue weighted by atomic mass is 28.1. The van der Waals surface area contributed by atoms with Gasteiger partial charge in [-0.2, -0.15) is 0 Å². The SMILES string of the molecule is [Si]C1CCC(C=CC2CCC(N(C3CCCCC3)C3CCCCC3)CC2)CC1. The van der Waals surface area contributed by atoms with Crippen molar-refractivity contribution >= 4 is 10.2 Å². The Morgan fingerprint density at radius 3 is 1.32 bits per heavy atom. The van der Waals surface area contributed by atoms with Crippen molar-refractivity contribution in [3.05, 3.63) is 12.2 Å². The first kappa shape index (κ1) is 21.2. The summed E-state index contributed by atoms with van der Waals surface area (Å²) >= 11 is 0. The molecule has 4 aliphatic rings. The molecule has 0 N–H and O–H groups in total. The molecule has 0 aromatic carbocycles. The Morgan fingerprint density at radius 2 is 0.857 bits per heavy atom. The minimum atomic E-state index is 0.783. The average Bonchev–Trinajstić information content (AvgIpc) is 2.76. The molecular formula is C26H44NSi. The fourth-order valence-corrected chi connectivity index (χ4v) is 7.20. The average molecular weight is 399 g/mol. The third kappa shape index (κ3) is 5.75. The lowest BCUT2D eigenvalue weighted by molar-refractivity contribution is 0.0182. The summed E-state index contributed by atoms with van der Waals surface area (Å²) in [6, 6.07) is 2.75. The van der Waals surface area contributed by atoms with Crippen LogP contribution in [-0.2, 0) is 0 Å². The van der Waals surface area contributed by atoms with Gasteiger partial charge in [0.1, 0.15) is 0 Å². The van der Waals surface area contributed by atoms with E-state index in [0.29, 0.717) is 0 Å². The third-order valence-corrected chi connectivity index (χ3v) is 9.16. The lowest BCUT2D eigenvalue weighted by atomic mass is 9.80. The van der Waals surface area contributed by atoms with Gasteiger partial charge in [0, 0.05) is 28.4 Å². The molecule has 0 atom stereocenters. The summed E-state index contributed by atoms with van der Waals surface area (Å²) in [4.78, 5) is 3.12. The summed E-state index contributed by atoms with van der Waals surface area (Å²) in [6.07, 6.45) is 31.5. The molecule has 0 aliphatic heterocycles. The standard InChI is InChI=1S/C26H44NSi/c28-26-19-15-22(16-20-26)12-11-21-13-17-25(18-14-21)27(23-7-3-1-4-8-23)24-9-5-2-6-10-24/h11-12,21-26H,1-10,13-20H2. The molecule has 0 amide bonds. The van der Waals surface area contributed by atoms with Crippen LogP contribution < -0.4 is 0 Å². The summed E-state index contributed by atoms with van der Waals surface area (Å²) in [6.45, 7) is 0. The van der Waals surface area contributed by atoms with Gasteiger partial charge in [0.2, 0.25) is 0 Å². The zero-order valence-corrected chi connectivity index (χ0v) is 19.3. The Balaban J connectivity index is 1.30. The molecule has 0 bridgehead atoms. The molecule has 3 radical (unpaired) electrons. The normalized spacial score (nSPS) is 36.9. The van der Waals surface area contributed by atoms with E-state index in [4.69, 9.17) is 0 Å². The van der Waals surface area contributed by atoms with Crippen LogP contribution in [0.3, 0.4) is 0 Å². The van der Waals surface area contributed by atoms with Crippen LogP contribution in [0, 0.1) is 11.8 Å². The summed E-state index contributed by atoms with van der Waals surface area (Å²) in [7, 11) is 3.85. The van der Waals surface area contributed by atoms with Crippen molar-refractivity contribution in [2.75, 3.05) is 0 Å². The highest BCUT2D eigenvalue weighted by Crippen LogP contribution is 2.38. The van der Waals surface area contributed by atoms with Crippen molar-refractivity contribution in [1.29, 1.82) is 0 Å². The zero-order valence-electron chi connectivity index (χ0n) is 18.3. The molecule has 0 heterocycles. The second-order valence-electron chi connectivity index (χ2n) is 10.6. The Labute approximate surface area is 178 Å². The molecule has 1 nitrogen and oxygen atoms in total. The third-order valence-electron chi connectivity index (χ3n) is 8.58. The van der Waals surface area contributed by atoms with E-state index in [-0.39, 0.29) is 0 Å². The molecule has 2 heteroatoms. The molecule has 0 saturated heterocycles. The second kappa shape index (κ2) is 10.8. The number of rotatable bonds is 5. The van der Waals surface area contributed by atoms with Crippen molar-refractivity contribution < 1.29 is 0 Å². The van der Waals surface area contributed by atoms with Gasteiger partial charge in [-0.05, 0) is 76.0 Å². The molecular weight excluding hydrogens is 354 g/mol. The van der Waals surface area contributed by atoms with Gasteiger partial charge in [-0.3, -0.25) is 4.90 Å². The second-order valence-corrected chi connectivity index (χ2v) is 11.4. The Morgan fingerprint density at radius 1 is 0.464 bits per heavy atom. The Kier molecular flexibility index (Phi) is 8.16. The van der Waals surface area contributed by atoms with Gasteiger partial charge in [-0.1, -0.05) is 69.1 Å². The van der Waals surface area contributed by atoms with Gasteiger partial charge in [0.05, 0.1) is 0 Å². The van der Waals surface area contributed by atoms with E-state index < -0.39 is 0 Å². The van der Waals surface area contributed by atoms with Crippen LogP contribution >= 0.6 is 0 Å². The van der Waals surface area contributed by atoms with Crippen LogP contribution in [0.25, 0.3) is 0 Å². The first-order chi connectivity index (χ1) is 13.8. The minimum Gasteiger partial charge on any atom is -0.294 e. The molecule has 28 heavy (non-hydrogen) atoms. The lowest BCUT2D eigenvalue weighted by Crippen LogP contribution is -2.51. The van der Waals surface area contributed by atoms with Gasteiger partial charge in [-0.15, -0.1) is 0 Å². The van der Waals surface area contributed by atoms with E-state index in [2.05, 4.69) is 27.3 Å². The highest BCUT2D eigenvalue weighted by molar-refractivity contribution is 6.11. The molecule has 4 aliphatic carbocycles. The Bertz CT molecular complexity index is 443. The first-order valence-corrected chi connectivity index (χ1v) is 13.5. The van der Waals surface area contributed by atoms with Gasteiger partial charge >= 0.3 is 0 Å². The first-order valence-electron chi connectivity index (χ1n) is 13.0. The number of allylic oxidation sites excluding steroid dienone is 2. The van der Waals surface area contributed by atoms with Crippen molar-refractivity contribution in [1.82, 2.24) is 4.90 Å². The molecule has 4 saturated carbocycles. The zero-order chi connectivity index (χ0) is 19.2. The maximum atomic E-state index is 3.85. The van der Waals surface area contributed by atoms with Gasteiger partial charge in [0.15, 0.2) is 0 Å². The number of hydrogen-bond acceptors (Lipinski definition) is 1. The largest absolute Gasteiger partial charge is 0.294 e. The van der Waals surface area contributed by atoms with E-state index >= 15 is 0 Å². The molecule has 0 unspecified atom stereocenters. The van der Waals surface area contributed by atoms with E-state index in [1.54, 1.807) is 0 Å². The quantitative estimate of drug-likeness (QED) is 0.349. The van der Waals surface area contributed by atoms with Gasteiger partial charge < -0.3 is 0 Å². The topological polar surface area (TPSA) is 3.24 Å². The summed E-state index contributed by atoms with van der Waals surface area (Å²) in [5.41, 5.74) is 0.783. The van der Waals surface area contributed by atoms with Crippen LogP contribution in [0.2, 0.25) is 5.54 Å². The summed E-state index contributed by atoms with van der Waals surface area (Å²) in [5.74, 6) is 1.74. The van der Waals surface area contributed by atoms with Gasteiger partial charge in [-0.25, -0.2) is 0 Å². The molecule has 0 spiro atoms. The maximum Gasteiger partial charge on any atom is 0.0266 e. The van der Waals surface area contributed by atoms with E-state index in [0.717, 1.165) is 35.5 Å². The molecule has 4 fully saturated rings. The smallest absolute Gasteiger partial charge is 0.0266 e. The summed E-state index contributed by atoms with van der Waals surface area (Å²) < 4.78 is 0. The van der Waals surface area contributed by atoms with Crippen LogP contribution in [0.15, 0.2) is 12.2 Å². The molecule has 4 rings (SSSR count). The number of nitrogens with zero attached hydrogens (tertiary/aromatic N) is 1. The van der Waals surface area contributed by atoms with Crippen molar-refractivity contribution in [3.63, 3.8) is 0 Å². The fraction of sp³-hybridized carbons (Fsp3) is 0.923. The van der Waals surface area contributed by atoms with Crippen molar-refractivity contribution in [2.24, 2.45) is 11.8 Å². The maximum absolute atomic E-state index is 3.85. The predicted octanol–water partition coefficient (Wildman–Crippen LogP) is 7.22. The van der Waals surface area contributed by atoms with Gasteiger partial charge in [0.25, 0.3) is 0 Å². The van der Waals surface area contributed by atoms with Crippen molar-refractivity contribution in [3.8, 4) is 0 Å². The van der Waals surface area contributed by atoms with E-state index in [9.17, 15) is 0 Å². The lowest BCUT2D eigenvalue weighted by Gasteiger charge is -2.48. The van der Waals surface area contributed by atoms with E-state index in [1.807, 2.05) is 0 Å². The van der Waals surface area contributed by atoms with Crippen LogP contribution in [-0.4, -0.2) is 33.3 Å². The summed E-state index contributed by atoms with van der Waals surface area (Å²) in [5, 5.41) is 0. The Hall–Kier alpha value is -0.0831. The highest BCUT2D eigenvalue weighted by Gasteiger charge is 2.35. The van der Waals surface area contributed by atoms with Crippen LogP contribution in [0.5, 0.6) is 0 Å². The van der Waals surface area contributed by atoms with E-state index in [1.165, 1.54) is 116 Å². The molecule has 0 aromatic heterocycles. The molecule has 157 valence electrons. The molecule has 0 aromatic rings. The number of hydrogen-bond donors (Lipinski definition) is 0. The van der Waals surface area contributed by atoms with Crippen molar-refractivity contribution in [2.45, 2.75) is 139 Å². The minimum absolute atomic E-state index is 0.783. The predicted molar refractivity (Wildman–Crippen MR) is 122 cm³/mol. The monoisotopic (exact) mass is 398 g/mol. The van der Waals surface area contributed by atoms with Crippen LogP contribution in [0.4, 0.5) is 0 Å². The van der Waals surface area contributed by atoms with Crippen LogP contribution in [0.1, 0.15) is 116 Å².